The fraction of sp³-hybridized carbons (Fsp3) is 0.0625. The minimum Gasteiger partial charge on any atom is -0.289 e. The van der Waals surface area contributed by atoms with Gasteiger partial charge in [0.2, 0.25) is 0 Å². The Morgan fingerprint density at radius 2 is 1.72 bits per heavy atom. The first-order valence-corrected chi connectivity index (χ1v) is 5.70. The zero-order valence-electron chi connectivity index (χ0n) is 10.1. The van der Waals surface area contributed by atoms with E-state index in [9.17, 15) is 9.18 Å². The predicted molar refractivity (Wildman–Crippen MR) is 70.9 cm³/mol. The van der Waals surface area contributed by atoms with Crippen LogP contribution in [0.4, 0.5) is 4.39 Å². The molecule has 2 aromatic rings. The van der Waals surface area contributed by atoms with E-state index in [2.05, 4.69) is 0 Å². The smallest absolute Gasteiger partial charge is 0.185 e. The SMILES string of the molecule is Cc1ccccc1C=CC(=O)c1ccc(F)cc1. The zero-order chi connectivity index (χ0) is 13.0. The summed E-state index contributed by atoms with van der Waals surface area (Å²) in [6.07, 6.45) is 3.29. The second-order valence-electron chi connectivity index (χ2n) is 4.06. The van der Waals surface area contributed by atoms with E-state index >= 15 is 0 Å². The second-order valence-corrected chi connectivity index (χ2v) is 4.06. The van der Waals surface area contributed by atoms with Gasteiger partial charge in [0.1, 0.15) is 5.82 Å². The number of halogens is 1. The molecule has 1 nitrogen and oxygen atoms in total. The Labute approximate surface area is 106 Å². The number of rotatable bonds is 3. The molecule has 0 saturated heterocycles. The number of hydrogen-bond acceptors (Lipinski definition) is 1. The number of allylic oxidation sites excluding steroid dienone is 1. The Kier molecular flexibility index (Phi) is 3.68. The minimum absolute atomic E-state index is 0.127. The first kappa shape index (κ1) is 12.2. The van der Waals surface area contributed by atoms with E-state index in [0.29, 0.717) is 5.56 Å². The van der Waals surface area contributed by atoms with Gasteiger partial charge in [0.15, 0.2) is 5.78 Å². The summed E-state index contributed by atoms with van der Waals surface area (Å²) in [5, 5.41) is 0. The van der Waals surface area contributed by atoms with Crippen molar-refractivity contribution in [1.29, 1.82) is 0 Å². The Hall–Kier alpha value is -2.22. The molecule has 0 N–H and O–H groups in total. The summed E-state index contributed by atoms with van der Waals surface area (Å²) in [6, 6.07) is 13.4. The molecular formula is C16H13FO. The van der Waals surface area contributed by atoms with Crippen LogP contribution >= 0.6 is 0 Å². The Morgan fingerprint density at radius 3 is 2.39 bits per heavy atom. The van der Waals surface area contributed by atoms with Crippen molar-refractivity contribution in [3.63, 3.8) is 0 Å². The molecule has 0 spiro atoms. The van der Waals surface area contributed by atoms with Crippen molar-refractivity contribution in [2.45, 2.75) is 6.92 Å². The minimum atomic E-state index is -0.338. The third-order valence-corrected chi connectivity index (χ3v) is 2.73. The van der Waals surface area contributed by atoms with Crippen molar-refractivity contribution < 1.29 is 9.18 Å². The number of carbonyl (C=O) groups excluding carboxylic acids is 1. The van der Waals surface area contributed by atoms with Crippen LogP contribution in [0.1, 0.15) is 21.5 Å². The second kappa shape index (κ2) is 5.41. The summed E-state index contributed by atoms with van der Waals surface area (Å²) in [5.74, 6) is -0.465. The first-order valence-electron chi connectivity index (χ1n) is 5.70. The van der Waals surface area contributed by atoms with Gasteiger partial charge in [-0.05, 0) is 48.4 Å². The summed E-state index contributed by atoms with van der Waals surface area (Å²) >= 11 is 0. The number of hydrogen-bond donors (Lipinski definition) is 0. The molecule has 90 valence electrons. The Morgan fingerprint density at radius 1 is 1.06 bits per heavy atom. The van der Waals surface area contributed by atoms with Crippen LogP contribution in [0, 0.1) is 12.7 Å². The number of ketones is 1. The van der Waals surface area contributed by atoms with Gasteiger partial charge in [-0.2, -0.15) is 0 Å². The van der Waals surface area contributed by atoms with Crippen molar-refractivity contribution in [3.05, 3.63) is 77.1 Å². The molecule has 0 radical (unpaired) electrons. The first-order chi connectivity index (χ1) is 8.66. The molecular weight excluding hydrogens is 227 g/mol. The van der Waals surface area contributed by atoms with E-state index in [-0.39, 0.29) is 11.6 Å². The maximum atomic E-state index is 12.7. The average Bonchev–Trinajstić information content (AvgIpc) is 2.38. The summed E-state index contributed by atoms with van der Waals surface area (Å²) < 4.78 is 12.7. The summed E-state index contributed by atoms with van der Waals surface area (Å²) in [6.45, 7) is 1.99. The standard InChI is InChI=1S/C16H13FO/c1-12-4-2-3-5-13(12)8-11-16(18)14-6-9-15(17)10-7-14/h2-11H,1H3. The number of benzene rings is 2. The van der Waals surface area contributed by atoms with Gasteiger partial charge < -0.3 is 0 Å². The highest BCUT2D eigenvalue weighted by molar-refractivity contribution is 6.06. The molecule has 0 saturated carbocycles. The van der Waals surface area contributed by atoms with Crippen LogP contribution in [0.25, 0.3) is 6.08 Å². The topological polar surface area (TPSA) is 17.1 Å². The number of aryl methyl sites for hydroxylation is 1. The van der Waals surface area contributed by atoms with Gasteiger partial charge in [0.25, 0.3) is 0 Å². The third kappa shape index (κ3) is 2.92. The van der Waals surface area contributed by atoms with Crippen LogP contribution in [-0.4, -0.2) is 5.78 Å². The van der Waals surface area contributed by atoms with E-state index in [0.717, 1.165) is 11.1 Å². The van der Waals surface area contributed by atoms with Crippen molar-refractivity contribution in [3.8, 4) is 0 Å². The molecule has 0 aromatic heterocycles. The quantitative estimate of drug-likeness (QED) is 0.584. The molecule has 0 heterocycles. The van der Waals surface area contributed by atoms with Gasteiger partial charge in [-0.25, -0.2) is 4.39 Å². The van der Waals surface area contributed by atoms with E-state index in [4.69, 9.17) is 0 Å². The van der Waals surface area contributed by atoms with Gasteiger partial charge in [-0.3, -0.25) is 4.79 Å². The number of carbonyl (C=O) groups is 1. The monoisotopic (exact) mass is 240 g/mol. The van der Waals surface area contributed by atoms with Gasteiger partial charge in [-0.1, -0.05) is 30.3 Å². The lowest BCUT2D eigenvalue weighted by Crippen LogP contribution is -1.94. The van der Waals surface area contributed by atoms with E-state index in [1.54, 1.807) is 6.08 Å². The molecule has 2 rings (SSSR count). The lowest BCUT2D eigenvalue weighted by Gasteiger charge is -1.99. The summed E-state index contributed by atoms with van der Waals surface area (Å²) in [4.78, 5) is 11.8. The summed E-state index contributed by atoms with van der Waals surface area (Å²) in [7, 11) is 0. The molecule has 0 amide bonds. The van der Waals surface area contributed by atoms with E-state index < -0.39 is 0 Å². The van der Waals surface area contributed by atoms with Gasteiger partial charge in [0.05, 0.1) is 0 Å². The molecule has 0 aliphatic carbocycles. The molecule has 0 bridgehead atoms. The van der Waals surface area contributed by atoms with Crippen LogP contribution in [0.3, 0.4) is 0 Å². The largest absolute Gasteiger partial charge is 0.289 e. The highest BCUT2D eigenvalue weighted by Crippen LogP contribution is 2.10. The summed E-state index contributed by atoms with van der Waals surface area (Å²) in [5.41, 5.74) is 2.61. The van der Waals surface area contributed by atoms with Crippen LogP contribution < -0.4 is 0 Å². The van der Waals surface area contributed by atoms with Crippen LogP contribution in [0.15, 0.2) is 54.6 Å². The van der Waals surface area contributed by atoms with E-state index in [1.165, 1.54) is 30.3 Å². The van der Waals surface area contributed by atoms with Crippen molar-refractivity contribution in [1.82, 2.24) is 0 Å². The lowest BCUT2D eigenvalue weighted by molar-refractivity contribution is 0.104. The molecule has 2 heteroatoms. The van der Waals surface area contributed by atoms with Crippen molar-refractivity contribution >= 4 is 11.9 Å². The van der Waals surface area contributed by atoms with Crippen molar-refractivity contribution in [2.75, 3.05) is 0 Å². The normalized spacial score (nSPS) is 10.8. The maximum Gasteiger partial charge on any atom is 0.185 e. The van der Waals surface area contributed by atoms with Gasteiger partial charge in [-0.15, -0.1) is 0 Å². The molecule has 18 heavy (non-hydrogen) atoms. The third-order valence-electron chi connectivity index (χ3n) is 2.73. The Balaban J connectivity index is 2.17. The van der Waals surface area contributed by atoms with Crippen LogP contribution in [0.5, 0.6) is 0 Å². The molecule has 2 aromatic carbocycles. The molecule has 0 unspecified atom stereocenters. The van der Waals surface area contributed by atoms with Gasteiger partial charge in [0, 0.05) is 5.56 Å². The van der Waals surface area contributed by atoms with Gasteiger partial charge >= 0.3 is 0 Å². The highest BCUT2D eigenvalue weighted by atomic mass is 19.1. The lowest BCUT2D eigenvalue weighted by atomic mass is 10.1. The van der Waals surface area contributed by atoms with Crippen molar-refractivity contribution in [2.24, 2.45) is 0 Å². The van der Waals surface area contributed by atoms with Crippen LogP contribution in [-0.2, 0) is 0 Å². The highest BCUT2D eigenvalue weighted by Gasteiger charge is 2.01. The predicted octanol–water partition coefficient (Wildman–Crippen LogP) is 4.03. The Bertz CT molecular complexity index is 582. The maximum absolute atomic E-state index is 12.7. The molecule has 0 aliphatic rings. The zero-order valence-corrected chi connectivity index (χ0v) is 10.1. The molecule has 0 aliphatic heterocycles. The molecule has 0 atom stereocenters. The van der Waals surface area contributed by atoms with Crippen LogP contribution in [0.2, 0.25) is 0 Å². The fourth-order valence-corrected chi connectivity index (χ4v) is 1.65. The average molecular weight is 240 g/mol. The fourth-order valence-electron chi connectivity index (χ4n) is 1.65. The van der Waals surface area contributed by atoms with E-state index in [1.807, 2.05) is 31.2 Å². The molecule has 0 fully saturated rings.